The molecule has 106 valence electrons. The van der Waals surface area contributed by atoms with Crippen molar-refractivity contribution in [3.05, 3.63) is 23.7 Å². The number of nitrogens with one attached hydrogen (secondary N) is 1. The molecule has 1 aliphatic rings. The summed E-state index contributed by atoms with van der Waals surface area (Å²) in [6, 6.07) is 3.93. The summed E-state index contributed by atoms with van der Waals surface area (Å²) < 4.78 is 6.45. The summed E-state index contributed by atoms with van der Waals surface area (Å²) in [7, 11) is 0. The zero-order chi connectivity index (χ0) is 14.0. The number of fused-ring (bicyclic) bond motifs is 1. The van der Waals surface area contributed by atoms with Gasteiger partial charge in [-0.2, -0.15) is 0 Å². The highest BCUT2D eigenvalue weighted by Gasteiger charge is 2.38. The van der Waals surface area contributed by atoms with E-state index in [1.807, 2.05) is 17.5 Å². The molecule has 20 heavy (non-hydrogen) atoms. The topological polar surface area (TPSA) is 77.2 Å². The van der Waals surface area contributed by atoms with E-state index in [9.17, 15) is 4.79 Å². The molecule has 1 aliphatic heterocycles. The van der Waals surface area contributed by atoms with Crippen molar-refractivity contribution in [2.45, 2.75) is 12.8 Å². The Morgan fingerprint density at radius 2 is 2.25 bits per heavy atom. The first-order chi connectivity index (χ1) is 9.71. The van der Waals surface area contributed by atoms with E-state index in [0.717, 1.165) is 15.9 Å². The predicted molar refractivity (Wildman–Crippen MR) is 79.8 cm³/mol. The lowest BCUT2D eigenvalue weighted by atomic mass is 9.79. The van der Waals surface area contributed by atoms with Gasteiger partial charge in [0.2, 0.25) is 5.91 Å². The maximum Gasteiger partial charge on any atom is 0.225 e. The standard InChI is InChI=1S/C14H17N3O2S/c15-13(18)14(3-6-19-7-4-14)9-17-10-1-5-16-11-2-8-20-12(10)11/h1-2,5,8H,3-4,6-7,9H2,(H2,15,18)(H,16,17). The normalized spacial score (nSPS) is 18.0. The molecule has 5 nitrogen and oxygen atoms in total. The molecule has 0 aliphatic carbocycles. The van der Waals surface area contributed by atoms with E-state index < -0.39 is 5.41 Å². The molecule has 0 aromatic carbocycles. The van der Waals surface area contributed by atoms with E-state index in [0.29, 0.717) is 32.6 Å². The lowest BCUT2D eigenvalue weighted by Gasteiger charge is -2.34. The molecule has 3 rings (SSSR count). The van der Waals surface area contributed by atoms with Crippen molar-refractivity contribution in [1.82, 2.24) is 4.98 Å². The number of amides is 1. The van der Waals surface area contributed by atoms with Gasteiger partial charge in [0.15, 0.2) is 0 Å². The number of pyridine rings is 1. The Kier molecular flexibility index (Phi) is 3.58. The summed E-state index contributed by atoms with van der Waals surface area (Å²) in [5.74, 6) is -0.246. The summed E-state index contributed by atoms with van der Waals surface area (Å²) in [5.41, 5.74) is 7.09. The third kappa shape index (κ3) is 2.36. The predicted octanol–water partition coefficient (Wildman–Crippen LogP) is 1.99. The first-order valence-corrected chi connectivity index (χ1v) is 7.53. The quantitative estimate of drug-likeness (QED) is 0.903. The maximum absolute atomic E-state index is 11.8. The van der Waals surface area contributed by atoms with E-state index in [-0.39, 0.29) is 5.91 Å². The number of anilines is 1. The number of carbonyl (C=O) groups is 1. The number of carbonyl (C=O) groups excluding carboxylic acids is 1. The van der Waals surface area contributed by atoms with Crippen molar-refractivity contribution >= 4 is 33.1 Å². The molecule has 0 bridgehead atoms. The maximum atomic E-state index is 11.8. The number of primary amides is 1. The molecule has 1 fully saturated rings. The van der Waals surface area contributed by atoms with Crippen molar-refractivity contribution < 1.29 is 9.53 Å². The molecule has 2 aromatic heterocycles. The zero-order valence-electron chi connectivity index (χ0n) is 11.1. The fourth-order valence-corrected chi connectivity index (χ4v) is 3.39. The van der Waals surface area contributed by atoms with Gasteiger partial charge in [0.05, 0.1) is 21.3 Å². The minimum atomic E-state index is -0.509. The van der Waals surface area contributed by atoms with E-state index >= 15 is 0 Å². The molecule has 6 heteroatoms. The molecule has 3 heterocycles. The number of thiophene rings is 1. The average Bonchev–Trinajstić information content (AvgIpc) is 2.95. The molecule has 2 aromatic rings. The molecular formula is C14H17N3O2S. The minimum absolute atomic E-state index is 0.246. The average molecular weight is 291 g/mol. The zero-order valence-corrected chi connectivity index (χ0v) is 11.9. The minimum Gasteiger partial charge on any atom is -0.383 e. The third-order valence-electron chi connectivity index (χ3n) is 3.93. The number of rotatable bonds is 4. The molecule has 1 amide bonds. The van der Waals surface area contributed by atoms with Crippen LogP contribution in [0.1, 0.15) is 12.8 Å². The van der Waals surface area contributed by atoms with Gasteiger partial charge in [0.25, 0.3) is 0 Å². The number of nitrogens with two attached hydrogens (primary N) is 1. The van der Waals surface area contributed by atoms with Gasteiger partial charge >= 0.3 is 0 Å². The summed E-state index contributed by atoms with van der Waals surface area (Å²) >= 11 is 1.64. The number of ether oxygens (including phenoxy) is 1. The lowest BCUT2D eigenvalue weighted by molar-refractivity contribution is -0.132. The highest BCUT2D eigenvalue weighted by Crippen LogP contribution is 2.32. The van der Waals surface area contributed by atoms with Gasteiger partial charge in [-0.15, -0.1) is 11.3 Å². The number of nitrogens with zero attached hydrogens (tertiary/aromatic N) is 1. The van der Waals surface area contributed by atoms with Crippen LogP contribution >= 0.6 is 11.3 Å². The monoisotopic (exact) mass is 291 g/mol. The third-order valence-corrected chi connectivity index (χ3v) is 4.87. The second-order valence-corrected chi connectivity index (χ2v) is 6.02. The van der Waals surface area contributed by atoms with Crippen LogP contribution in [0.4, 0.5) is 5.69 Å². The van der Waals surface area contributed by atoms with E-state index in [1.54, 1.807) is 17.5 Å². The van der Waals surface area contributed by atoms with Crippen molar-refractivity contribution in [3.63, 3.8) is 0 Å². The van der Waals surface area contributed by atoms with Crippen molar-refractivity contribution in [2.75, 3.05) is 25.1 Å². The Balaban J connectivity index is 1.80. The first kappa shape index (κ1) is 13.3. The molecular weight excluding hydrogens is 274 g/mol. The van der Waals surface area contributed by atoms with Gasteiger partial charge in [0, 0.05) is 26.0 Å². The van der Waals surface area contributed by atoms with E-state index in [2.05, 4.69) is 10.3 Å². The Morgan fingerprint density at radius 3 is 3.00 bits per heavy atom. The molecule has 0 radical (unpaired) electrons. The number of hydrogen-bond donors (Lipinski definition) is 2. The summed E-state index contributed by atoms with van der Waals surface area (Å²) in [4.78, 5) is 16.1. The molecule has 1 saturated heterocycles. The van der Waals surface area contributed by atoms with Crippen molar-refractivity contribution in [3.8, 4) is 0 Å². The van der Waals surface area contributed by atoms with Gasteiger partial charge < -0.3 is 15.8 Å². The van der Waals surface area contributed by atoms with Crippen LogP contribution in [0.2, 0.25) is 0 Å². The Labute approximate surface area is 121 Å². The Bertz CT molecular complexity index is 620. The highest BCUT2D eigenvalue weighted by atomic mass is 32.1. The van der Waals surface area contributed by atoms with Crippen LogP contribution in [-0.2, 0) is 9.53 Å². The van der Waals surface area contributed by atoms with Crippen LogP contribution in [-0.4, -0.2) is 30.6 Å². The van der Waals surface area contributed by atoms with Gasteiger partial charge in [-0.3, -0.25) is 9.78 Å². The second-order valence-electron chi connectivity index (χ2n) is 5.10. The van der Waals surface area contributed by atoms with Crippen LogP contribution in [0.5, 0.6) is 0 Å². The van der Waals surface area contributed by atoms with Crippen LogP contribution in [0, 0.1) is 5.41 Å². The fraction of sp³-hybridized carbons (Fsp3) is 0.429. The van der Waals surface area contributed by atoms with Gasteiger partial charge in [0.1, 0.15) is 0 Å². The second kappa shape index (κ2) is 5.38. The molecule has 0 spiro atoms. The SMILES string of the molecule is NC(=O)C1(CNc2ccnc3ccsc23)CCOCC1. The van der Waals surface area contributed by atoms with Gasteiger partial charge in [-0.05, 0) is 30.4 Å². The summed E-state index contributed by atoms with van der Waals surface area (Å²) in [6.45, 7) is 1.73. The van der Waals surface area contributed by atoms with Crippen molar-refractivity contribution in [1.29, 1.82) is 0 Å². The summed E-state index contributed by atoms with van der Waals surface area (Å²) in [6.07, 6.45) is 3.13. The first-order valence-electron chi connectivity index (χ1n) is 6.65. The van der Waals surface area contributed by atoms with Gasteiger partial charge in [-0.25, -0.2) is 0 Å². The smallest absolute Gasteiger partial charge is 0.225 e. The fourth-order valence-electron chi connectivity index (χ4n) is 2.55. The van der Waals surface area contributed by atoms with E-state index in [1.165, 1.54) is 0 Å². The van der Waals surface area contributed by atoms with E-state index in [4.69, 9.17) is 10.5 Å². The van der Waals surface area contributed by atoms with Crippen LogP contribution in [0.15, 0.2) is 23.7 Å². The molecule has 0 atom stereocenters. The molecule has 0 unspecified atom stereocenters. The van der Waals surface area contributed by atoms with Gasteiger partial charge in [-0.1, -0.05) is 0 Å². The molecule has 3 N–H and O–H groups in total. The van der Waals surface area contributed by atoms with Crippen LogP contribution in [0.25, 0.3) is 10.2 Å². The number of aromatic nitrogens is 1. The Hall–Kier alpha value is -1.66. The molecule has 0 saturated carbocycles. The van der Waals surface area contributed by atoms with Crippen LogP contribution in [0.3, 0.4) is 0 Å². The highest BCUT2D eigenvalue weighted by molar-refractivity contribution is 7.17. The van der Waals surface area contributed by atoms with Crippen molar-refractivity contribution in [2.24, 2.45) is 11.1 Å². The lowest BCUT2D eigenvalue weighted by Crippen LogP contribution is -2.46. The number of hydrogen-bond acceptors (Lipinski definition) is 5. The summed E-state index contributed by atoms with van der Waals surface area (Å²) in [5, 5.41) is 5.39. The largest absolute Gasteiger partial charge is 0.383 e. The van der Waals surface area contributed by atoms with Crippen LogP contribution < -0.4 is 11.1 Å². The Morgan fingerprint density at radius 1 is 1.45 bits per heavy atom.